The van der Waals surface area contributed by atoms with E-state index in [4.69, 9.17) is 5.11 Å². The van der Waals surface area contributed by atoms with Gasteiger partial charge in [0.2, 0.25) is 0 Å². The second-order valence-electron chi connectivity index (χ2n) is 5.23. The Kier molecular flexibility index (Phi) is 7.23. The van der Waals surface area contributed by atoms with Gasteiger partial charge in [0.25, 0.3) is 0 Å². The molecular weight excluding hydrogens is 280 g/mol. The molecule has 116 valence electrons. The number of hydrogen-bond acceptors (Lipinski definition) is 2. The van der Waals surface area contributed by atoms with Gasteiger partial charge in [0.15, 0.2) is 0 Å². The van der Waals surface area contributed by atoms with Crippen molar-refractivity contribution in [3.8, 4) is 0 Å². The fourth-order valence-electron chi connectivity index (χ4n) is 2.93. The third-order valence-corrected chi connectivity index (χ3v) is 10.1. The van der Waals surface area contributed by atoms with Crippen LogP contribution >= 0.6 is 0 Å². The second-order valence-corrected chi connectivity index (χ2v) is 10.4. The van der Waals surface area contributed by atoms with Gasteiger partial charge < -0.3 is 9.84 Å². The summed E-state index contributed by atoms with van der Waals surface area (Å²) in [5.74, 6) is 0. The number of carboxylic acid groups (broad SMARTS) is 1. The molecule has 1 N–H and O–H groups in total. The lowest BCUT2D eigenvalue weighted by atomic mass is 10.2. The molecule has 0 fully saturated rings. The van der Waals surface area contributed by atoms with Crippen molar-refractivity contribution < 1.29 is 14.6 Å². The molecule has 0 aliphatic rings. The van der Waals surface area contributed by atoms with Crippen molar-refractivity contribution in [3.63, 3.8) is 0 Å². The minimum Gasteiger partial charge on any atom is -0.450 e. The van der Waals surface area contributed by atoms with Crippen LogP contribution in [0.3, 0.4) is 0 Å². The van der Waals surface area contributed by atoms with E-state index in [2.05, 4.69) is 55.8 Å². The second kappa shape index (κ2) is 8.67. The van der Waals surface area contributed by atoms with Crippen molar-refractivity contribution in [3.05, 3.63) is 42.0 Å². The Bertz CT molecular complexity index is 456. The number of rotatable bonds is 8. The van der Waals surface area contributed by atoms with E-state index in [9.17, 15) is 4.79 Å². The Morgan fingerprint density at radius 1 is 1.14 bits per heavy atom. The van der Waals surface area contributed by atoms with Gasteiger partial charge in [-0.1, -0.05) is 80.5 Å². The molecular formula is C17H26O3Si. The van der Waals surface area contributed by atoms with Gasteiger partial charge in [-0.15, -0.1) is 0 Å². The molecule has 0 amide bonds. The molecule has 0 aliphatic heterocycles. The van der Waals surface area contributed by atoms with Crippen LogP contribution in [-0.4, -0.2) is 25.9 Å². The molecule has 0 heterocycles. The van der Waals surface area contributed by atoms with Gasteiger partial charge in [-0.25, -0.2) is 4.79 Å². The highest BCUT2D eigenvalue weighted by molar-refractivity contribution is 6.96. The lowest BCUT2D eigenvalue weighted by Gasteiger charge is -2.32. The van der Waals surface area contributed by atoms with Crippen molar-refractivity contribution >= 4 is 19.4 Å². The average Bonchev–Trinajstić information content (AvgIpc) is 2.51. The molecule has 1 rings (SSSR count). The van der Waals surface area contributed by atoms with E-state index in [1.165, 1.54) is 28.9 Å². The summed E-state index contributed by atoms with van der Waals surface area (Å²) in [5.41, 5.74) is 1.28. The van der Waals surface area contributed by atoms with E-state index in [-0.39, 0.29) is 6.61 Å². The van der Waals surface area contributed by atoms with Gasteiger partial charge in [0.05, 0.1) is 14.7 Å². The fourth-order valence-corrected chi connectivity index (χ4v) is 6.93. The zero-order chi connectivity index (χ0) is 15.7. The fraction of sp³-hybridized carbons (Fsp3) is 0.471. The standard InChI is InChI=1S/C17H26O3Si/c1-4-21(5-2,6-3)16(13-10-14-20-17(18)19)15-11-8-7-9-12-15/h7-9,11-13H,4-6,10,14H2,1-3H3,(H,18,19)/b16-13-. The molecule has 0 radical (unpaired) electrons. The minimum absolute atomic E-state index is 0.229. The first-order valence-corrected chi connectivity index (χ1v) is 10.3. The van der Waals surface area contributed by atoms with Gasteiger partial charge in [-0.3, -0.25) is 0 Å². The van der Waals surface area contributed by atoms with Crippen molar-refractivity contribution in [2.45, 2.75) is 45.3 Å². The molecule has 0 spiro atoms. The summed E-state index contributed by atoms with van der Waals surface area (Å²) < 4.78 is 4.63. The Morgan fingerprint density at radius 3 is 2.19 bits per heavy atom. The van der Waals surface area contributed by atoms with Crippen LogP contribution in [0.4, 0.5) is 4.79 Å². The minimum atomic E-state index is -1.51. The van der Waals surface area contributed by atoms with Gasteiger partial charge >= 0.3 is 6.16 Å². The lowest BCUT2D eigenvalue weighted by molar-refractivity contribution is 0.0933. The number of benzene rings is 1. The van der Waals surface area contributed by atoms with Crippen LogP contribution in [0, 0.1) is 0 Å². The summed E-state index contributed by atoms with van der Waals surface area (Å²) in [6, 6.07) is 14.1. The van der Waals surface area contributed by atoms with E-state index in [0.717, 1.165) is 0 Å². The van der Waals surface area contributed by atoms with Gasteiger partial charge in [-0.05, 0) is 12.0 Å². The first-order valence-electron chi connectivity index (χ1n) is 7.71. The number of carbonyl (C=O) groups is 1. The average molecular weight is 306 g/mol. The van der Waals surface area contributed by atoms with Crippen LogP contribution < -0.4 is 0 Å². The number of hydrogen-bond donors (Lipinski definition) is 1. The molecule has 0 aromatic heterocycles. The van der Waals surface area contributed by atoms with Crippen LogP contribution in [-0.2, 0) is 4.74 Å². The summed E-state index contributed by atoms with van der Waals surface area (Å²) in [6.07, 6.45) is 1.65. The van der Waals surface area contributed by atoms with Gasteiger partial charge in [-0.2, -0.15) is 0 Å². The monoisotopic (exact) mass is 306 g/mol. The first kappa shape index (κ1) is 17.5. The summed E-state index contributed by atoms with van der Waals surface area (Å²) in [4.78, 5) is 10.4. The lowest BCUT2D eigenvalue weighted by Crippen LogP contribution is -2.33. The third kappa shape index (κ3) is 4.74. The van der Waals surface area contributed by atoms with Crippen LogP contribution in [0.5, 0.6) is 0 Å². The summed E-state index contributed by atoms with van der Waals surface area (Å²) >= 11 is 0. The van der Waals surface area contributed by atoms with Crippen LogP contribution in [0.15, 0.2) is 36.4 Å². The van der Waals surface area contributed by atoms with Crippen molar-refractivity contribution in [2.75, 3.05) is 6.61 Å². The van der Waals surface area contributed by atoms with Crippen LogP contribution in [0.25, 0.3) is 5.20 Å². The van der Waals surface area contributed by atoms with E-state index in [1.807, 2.05) is 6.07 Å². The van der Waals surface area contributed by atoms with E-state index < -0.39 is 14.2 Å². The maximum absolute atomic E-state index is 10.4. The highest BCUT2D eigenvalue weighted by atomic mass is 28.3. The highest BCUT2D eigenvalue weighted by Gasteiger charge is 2.31. The van der Waals surface area contributed by atoms with Gasteiger partial charge in [0.1, 0.15) is 0 Å². The Morgan fingerprint density at radius 2 is 1.71 bits per heavy atom. The summed E-state index contributed by atoms with van der Waals surface area (Å²) in [6.45, 7) is 7.07. The smallest absolute Gasteiger partial charge is 0.450 e. The molecule has 0 unspecified atom stereocenters. The molecule has 21 heavy (non-hydrogen) atoms. The number of ether oxygens (including phenoxy) is 1. The molecule has 4 heteroatoms. The Labute approximate surface area is 128 Å². The molecule has 0 bridgehead atoms. The summed E-state index contributed by atoms with van der Waals surface area (Å²) in [5, 5.41) is 10.0. The zero-order valence-corrected chi connectivity index (χ0v) is 14.3. The normalized spacial score (nSPS) is 12.2. The maximum atomic E-state index is 10.4. The molecule has 0 atom stereocenters. The highest BCUT2D eigenvalue weighted by Crippen LogP contribution is 2.35. The quantitative estimate of drug-likeness (QED) is 0.408. The molecule has 0 aliphatic carbocycles. The predicted octanol–water partition coefficient (Wildman–Crippen LogP) is 5.20. The van der Waals surface area contributed by atoms with Crippen LogP contribution in [0.1, 0.15) is 32.8 Å². The van der Waals surface area contributed by atoms with Gasteiger partial charge in [0, 0.05) is 0 Å². The SMILES string of the molecule is CC[Si](CC)(CC)/C(=C\CCOC(=O)O)c1ccccc1. The molecule has 3 nitrogen and oxygen atoms in total. The topological polar surface area (TPSA) is 46.5 Å². The maximum Gasteiger partial charge on any atom is 0.505 e. The molecule has 1 aromatic carbocycles. The van der Waals surface area contributed by atoms with Crippen LogP contribution in [0.2, 0.25) is 18.1 Å². The molecule has 0 saturated carbocycles. The van der Waals surface area contributed by atoms with E-state index in [0.29, 0.717) is 6.42 Å². The Hall–Kier alpha value is -1.55. The van der Waals surface area contributed by atoms with E-state index in [1.54, 1.807) is 0 Å². The van der Waals surface area contributed by atoms with Crippen molar-refractivity contribution in [1.82, 2.24) is 0 Å². The Balaban J connectivity index is 3.05. The van der Waals surface area contributed by atoms with Crippen molar-refractivity contribution in [1.29, 1.82) is 0 Å². The first-order chi connectivity index (χ1) is 10.1. The van der Waals surface area contributed by atoms with E-state index >= 15 is 0 Å². The molecule has 0 saturated heterocycles. The third-order valence-electron chi connectivity index (χ3n) is 4.38. The zero-order valence-electron chi connectivity index (χ0n) is 13.3. The molecule has 1 aromatic rings. The van der Waals surface area contributed by atoms with Crippen molar-refractivity contribution in [2.24, 2.45) is 0 Å². The summed E-state index contributed by atoms with van der Waals surface area (Å²) in [7, 11) is -1.51. The predicted molar refractivity (Wildman–Crippen MR) is 90.2 cm³/mol. The largest absolute Gasteiger partial charge is 0.505 e.